The third-order valence-corrected chi connectivity index (χ3v) is 8.40. The standard InChI is InChI=1S/C30H34BrNO6S/c1-16(2)9-11-36-25-17(3)18(4)26-21(19(25)5)8-10-30(6,38-26)15-37-27-22(31)12-20(13-23(27)35-7)14-24-28(33)32-29(34)39-24/h9,12-14H,8,10-11,15H2,1-7H3,(H,32,33,34)/b24-14-. The molecule has 39 heavy (non-hydrogen) atoms. The van der Waals surface area contributed by atoms with E-state index in [1.165, 1.54) is 11.1 Å². The van der Waals surface area contributed by atoms with Crippen molar-refractivity contribution < 1.29 is 28.5 Å². The molecule has 0 saturated carbocycles. The molecule has 2 aliphatic rings. The van der Waals surface area contributed by atoms with Crippen LogP contribution in [0.15, 0.2) is 33.2 Å². The van der Waals surface area contributed by atoms with Crippen molar-refractivity contribution in [2.75, 3.05) is 20.3 Å². The number of thioether (sulfide) groups is 1. The Morgan fingerprint density at radius 3 is 2.51 bits per heavy atom. The molecule has 1 fully saturated rings. The van der Waals surface area contributed by atoms with E-state index in [0.29, 0.717) is 39.7 Å². The molecule has 0 spiro atoms. The molecule has 0 bridgehead atoms. The second-order valence-corrected chi connectivity index (χ2v) is 12.2. The fraction of sp³-hybridized carbons (Fsp3) is 0.400. The zero-order valence-electron chi connectivity index (χ0n) is 23.4. The van der Waals surface area contributed by atoms with Crippen LogP contribution in [0.4, 0.5) is 4.79 Å². The SMILES string of the molecule is COc1cc(/C=C2\SC(=O)NC2=O)cc(Br)c1OCC1(C)CCc2c(C)c(OCC=C(C)C)c(C)c(C)c2O1. The molecule has 1 atom stereocenters. The number of nitrogens with one attached hydrogen (secondary N) is 1. The van der Waals surface area contributed by atoms with Crippen molar-refractivity contribution in [2.45, 2.75) is 60.0 Å². The van der Waals surface area contributed by atoms with Gasteiger partial charge in [-0.3, -0.25) is 14.9 Å². The quantitative estimate of drug-likeness (QED) is 0.248. The van der Waals surface area contributed by atoms with E-state index >= 15 is 0 Å². The number of carbonyl (C=O) groups is 2. The third kappa shape index (κ3) is 6.30. The van der Waals surface area contributed by atoms with Crippen molar-refractivity contribution >= 4 is 44.9 Å². The Bertz CT molecular complexity index is 1390. The fourth-order valence-corrected chi connectivity index (χ4v) is 5.91. The molecule has 2 amide bonds. The van der Waals surface area contributed by atoms with Crippen molar-refractivity contribution in [3.8, 4) is 23.0 Å². The van der Waals surface area contributed by atoms with Gasteiger partial charge in [0.15, 0.2) is 11.5 Å². The molecule has 1 N–H and O–H groups in total. The number of fused-ring (bicyclic) bond motifs is 1. The number of halogens is 1. The summed E-state index contributed by atoms with van der Waals surface area (Å²) in [6.07, 6.45) is 5.36. The Morgan fingerprint density at radius 2 is 1.87 bits per heavy atom. The molecule has 9 heteroatoms. The first-order valence-corrected chi connectivity index (χ1v) is 14.4. The van der Waals surface area contributed by atoms with E-state index in [1.54, 1.807) is 19.3 Å². The van der Waals surface area contributed by atoms with Gasteiger partial charge in [0.2, 0.25) is 0 Å². The molecule has 4 rings (SSSR count). The van der Waals surface area contributed by atoms with Gasteiger partial charge < -0.3 is 18.9 Å². The van der Waals surface area contributed by atoms with Crippen LogP contribution in [0.2, 0.25) is 0 Å². The topological polar surface area (TPSA) is 83.1 Å². The maximum atomic E-state index is 11.9. The molecular formula is C30H34BrNO6S. The number of imide groups is 1. The number of amides is 2. The van der Waals surface area contributed by atoms with Crippen LogP contribution in [0, 0.1) is 20.8 Å². The average molecular weight is 617 g/mol. The van der Waals surface area contributed by atoms with Crippen LogP contribution in [0.5, 0.6) is 23.0 Å². The first kappa shape index (κ1) is 29.1. The molecule has 2 heterocycles. The molecule has 1 unspecified atom stereocenters. The molecule has 2 aromatic rings. The minimum absolute atomic E-state index is 0.310. The predicted octanol–water partition coefficient (Wildman–Crippen LogP) is 7.21. The van der Waals surface area contributed by atoms with E-state index in [9.17, 15) is 9.59 Å². The number of hydrogen-bond acceptors (Lipinski definition) is 7. The smallest absolute Gasteiger partial charge is 0.290 e. The van der Waals surface area contributed by atoms with Crippen molar-refractivity contribution in [1.82, 2.24) is 5.32 Å². The Hall–Kier alpha value is -2.91. The molecule has 208 valence electrons. The molecule has 0 radical (unpaired) electrons. The first-order chi connectivity index (χ1) is 18.4. The highest BCUT2D eigenvalue weighted by Crippen LogP contribution is 2.45. The number of rotatable bonds is 8. The van der Waals surface area contributed by atoms with Crippen LogP contribution in [0.1, 0.15) is 55.0 Å². The van der Waals surface area contributed by atoms with Gasteiger partial charge in [0.25, 0.3) is 11.1 Å². The summed E-state index contributed by atoms with van der Waals surface area (Å²) in [5.74, 6) is 2.49. The van der Waals surface area contributed by atoms with Crippen LogP contribution >= 0.6 is 27.7 Å². The second kappa shape index (κ2) is 11.7. The van der Waals surface area contributed by atoms with E-state index in [4.69, 9.17) is 18.9 Å². The number of ether oxygens (including phenoxy) is 4. The number of carbonyl (C=O) groups excluding carboxylic acids is 2. The lowest BCUT2D eigenvalue weighted by Gasteiger charge is -2.38. The van der Waals surface area contributed by atoms with Gasteiger partial charge in [0, 0.05) is 5.56 Å². The summed E-state index contributed by atoms with van der Waals surface area (Å²) in [6.45, 7) is 13.3. The summed E-state index contributed by atoms with van der Waals surface area (Å²) in [7, 11) is 1.56. The zero-order chi connectivity index (χ0) is 28.5. The van der Waals surface area contributed by atoms with Gasteiger partial charge in [-0.25, -0.2) is 0 Å². The summed E-state index contributed by atoms with van der Waals surface area (Å²) in [5.41, 5.74) is 5.86. The van der Waals surface area contributed by atoms with Gasteiger partial charge in [0.1, 0.15) is 30.3 Å². The highest BCUT2D eigenvalue weighted by molar-refractivity contribution is 9.10. The van der Waals surface area contributed by atoms with E-state index in [-0.39, 0.29) is 5.24 Å². The number of allylic oxidation sites excluding steroid dienone is 1. The predicted molar refractivity (Wildman–Crippen MR) is 158 cm³/mol. The highest BCUT2D eigenvalue weighted by atomic mass is 79.9. The molecule has 2 aromatic carbocycles. The summed E-state index contributed by atoms with van der Waals surface area (Å²) in [6, 6.07) is 3.60. The van der Waals surface area contributed by atoms with E-state index in [1.807, 2.05) is 6.07 Å². The van der Waals surface area contributed by atoms with Crippen LogP contribution in [0.25, 0.3) is 6.08 Å². The second-order valence-electron chi connectivity index (χ2n) is 10.3. The van der Waals surface area contributed by atoms with Gasteiger partial charge in [0.05, 0.1) is 16.5 Å². The van der Waals surface area contributed by atoms with Gasteiger partial charge in [-0.2, -0.15) is 0 Å². The first-order valence-electron chi connectivity index (χ1n) is 12.8. The van der Waals surface area contributed by atoms with Crippen LogP contribution < -0.4 is 24.3 Å². The van der Waals surface area contributed by atoms with Crippen molar-refractivity contribution in [3.05, 3.63) is 61.0 Å². The van der Waals surface area contributed by atoms with Crippen LogP contribution in [-0.4, -0.2) is 37.1 Å². The molecular weight excluding hydrogens is 582 g/mol. The fourth-order valence-electron chi connectivity index (χ4n) is 4.65. The van der Waals surface area contributed by atoms with E-state index in [0.717, 1.165) is 52.8 Å². The lowest BCUT2D eigenvalue weighted by Crippen LogP contribution is -2.42. The van der Waals surface area contributed by atoms with Gasteiger partial charge >= 0.3 is 0 Å². The van der Waals surface area contributed by atoms with Crippen molar-refractivity contribution in [1.29, 1.82) is 0 Å². The largest absolute Gasteiger partial charge is 0.493 e. The molecule has 0 aromatic heterocycles. The Balaban J connectivity index is 1.54. The number of methoxy groups -OCH3 is 1. The normalized spacial score (nSPS) is 19.3. The van der Waals surface area contributed by atoms with Crippen LogP contribution in [-0.2, 0) is 11.2 Å². The Kier molecular flexibility index (Phi) is 8.71. The highest BCUT2D eigenvalue weighted by Gasteiger charge is 2.36. The third-order valence-electron chi connectivity index (χ3n) is 7.00. The van der Waals surface area contributed by atoms with E-state index in [2.05, 4.69) is 68.9 Å². The number of hydrogen-bond donors (Lipinski definition) is 1. The lowest BCUT2D eigenvalue weighted by atomic mass is 9.87. The molecule has 7 nitrogen and oxygen atoms in total. The van der Waals surface area contributed by atoms with E-state index < -0.39 is 11.5 Å². The van der Waals surface area contributed by atoms with Gasteiger partial charge in [-0.15, -0.1) is 0 Å². The van der Waals surface area contributed by atoms with Crippen LogP contribution in [0.3, 0.4) is 0 Å². The maximum Gasteiger partial charge on any atom is 0.290 e. The zero-order valence-corrected chi connectivity index (χ0v) is 25.8. The average Bonchev–Trinajstić information content (AvgIpc) is 3.19. The van der Waals surface area contributed by atoms with Crippen molar-refractivity contribution in [2.24, 2.45) is 0 Å². The lowest BCUT2D eigenvalue weighted by molar-refractivity contribution is -0.115. The summed E-state index contributed by atoms with van der Waals surface area (Å²) >= 11 is 4.46. The van der Waals surface area contributed by atoms with Crippen molar-refractivity contribution in [3.63, 3.8) is 0 Å². The van der Waals surface area contributed by atoms with Gasteiger partial charge in [-0.05, 0) is 129 Å². The monoisotopic (exact) mass is 615 g/mol. The molecule has 0 aliphatic carbocycles. The molecule has 1 saturated heterocycles. The molecule has 2 aliphatic heterocycles. The number of benzene rings is 2. The Labute approximate surface area is 242 Å². The summed E-state index contributed by atoms with van der Waals surface area (Å²) in [4.78, 5) is 23.8. The summed E-state index contributed by atoms with van der Waals surface area (Å²) in [5, 5.41) is 1.88. The Morgan fingerprint density at radius 1 is 1.13 bits per heavy atom. The van der Waals surface area contributed by atoms with Gasteiger partial charge in [-0.1, -0.05) is 5.57 Å². The minimum atomic E-state index is -0.550. The maximum absolute atomic E-state index is 11.9. The minimum Gasteiger partial charge on any atom is -0.493 e. The summed E-state index contributed by atoms with van der Waals surface area (Å²) < 4.78 is 25.4.